The Morgan fingerprint density at radius 2 is 2.14 bits per heavy atom. The lowest BCUT2D eigenvalue weighted by Crippen LogP contribution is -1.87. The van der Waals surface area contributed by atoms with Crippen LogP contribution in [-0.2, 0) is 6.42 Å². The number of aliphatic hydroxyl groups excluding tert-OH is 1. The number of hydrogen-bond donors (Lipinski definition) is 1. The first kappa shape index (κ1) is 10.2. The summed E-state index contributed by atoms with van der Waals surface area (Å²) in [6.45, 7) is 0.102. The standard InChI is InChI=1S/C9H7Cl2NOS/c10-5-3-6(11)9-7(4-5)14-8(12-9)1-2-13/h3-4,13H,1-2H2. The van der Waals surface area contributed by atoms with E-state index in [1.807, 2.05) is 6.07 Å². The summed E-state index contributed by atoms with van der Waals surface area (Å²) in [5.74, 6) is 0. The van der Waals surface area contributed by atoms with Crippen molar-refractivity contribution in [3.05, 3.63) is 27.2 Å². The zero-order valence-corrected chi connectivity index (χ0v) is 9.46. The van der Waals surface area contributed by atoms with Crippen molar-refractivity contribution in [1.29, 1.82) is 0 Å². The molecule has 0 aliphatic heterocycles. The highest BCUT2D eigenvalue weighted by Gasteiger charge is 2.07. The van der Waals surface area contributed by atoms with Gasteiger partial charge in [0.25, 0.3) is 0 Å². The van der Waals surface area contributed by atoms with Crippen LogP contribution in [0.5, 0.6) is 0 Å². The van der Waals surface area contributed by atoms with Crippen LogP contribution < -0.4 is 0 Å². The molecule has 0 unspecified atom stereocenters. The molecule has 0 saturated carbocycles. The minimum Gasteiger partial charge on any atom is -0.396 e. The van der Waals surface area contributed by atoms with Gasteiger partial charge in [0.2, 0.25) is 0 Å². The van der Waals surface area contributed by atoms with E-state index in [1.54, 1.807) is 6.07 Å². The van der Waals surface area contributed by atoms with Crippen LogP contribution in [-0.4, -0.2) is 16.7 Å². The van der Waals surface area contributed by atoms with Gasteiger partial charge in [0.05, 0.1) is 14.7 Å². The number of fused-ring (bicyclic) bond motifs is 1. The molecule has 0 aliphatic rings. The molecule has 1 N–H and O–H groups in total. The summed E-state index contributed by atoms with van der Waals surface area (Å²) in [7, 11) is 0. The highest BCUT2D eigenvalue weighted by Crippen LogP contribution is 2.31. The minimum absolute atomic E-state index is 0.102. The van der Waals surface area contributed by atoms with E-state index in [0.29, 0.717) is 16.5 Å². The third kappa shape index (κ3) is 1.86. The van der Waals surface area contributed by atoms with E-state index in [-0.39, 0.29) is 6.61 Å². The van der Waals surface area contributed by atoms with E-state index >= 15 is 0 Å². The van der Waals surface area contributed by atoms with Gasteiger partial charge in [-0.25, -0.2) is 4.98 Å². The van der Waals surface area contributed by atoms with Crippen LogP contribution in [0.15, 0.2) is 12.1 Å². The number of thiazole rings is 1. The Hall–Kier alpha value is -0.350. The zero-order chi connectivity index (χ0) is 10.1. The maximum absolute atomic E-state index is 8.78. The average molecular weight is 248 g/mol. The first-order chi connectivity index (χ1) is 6.70. The van der Waals surface area contributed by atoms with Gasteiger partial charge >= 0.3 is 0 Å². The number of benzene rings is 1. The fourth-order valence-corrected chi connectivity index (χ4v) is 2.88. The van der Waals surface area contributed by atoms with Gasteiger partial charge < -0.3 is 5.11 Å². The monoisotopic (exact) mass is 247 g/mol. The highest BCUT2D eigenvalue weighted by molar-refractivity contribution is 7.18. The van der Waals surface area contributed by atoms with E-state index < -0.39 is 0 Å². The van der Waals surface area contributed by atoms with E-state index in [4.69, 9.17) is 28.3 Å². The van der Waals surface area contributed by atoms with Gasteiger partial charge in [-0.05, 0) is 12.1 Å². The van der Waals surface area contributed by atoms with Crippen molar-refractivity contribution in [1.82, 2.24) is 4.98 Å². The van der Waals surface area contributed by atoms with Crippen molar-refractivity contribution in [3.8, 4) is 0 Å². The second kappa shape index (κ2) is 4.03. The van der Waals surface area contributed by atoms with Crippen molar-refractivity contribution in [2.45, 2.75) is 6.42 Å². The Balaban J connectivity index is 2.58. The molecular formula is C9H7Cl2NOS. The van der Waals surface area contributed by atoms with Crippen molar-refractivity contribution >= 4 is 44.8 Å². The second-order valence-corrected chi connectivity index (χ2v) is 4.77. The molecule has 1 aromatic carbocycles. The summed E-state index contributed by atoms with van der Waals surface area (Å²) in [4.78, 5) is 4.31. The van der Waals surface area contributed by atoms with Crippen molar-refractivity contribution < 1.29 is 5.11 Å². The zero-order valence-electron chi connectivity index (χ0n) is 7.13. The Kier molecular flexibility index (Phi) is 2.93. The van der Waals surface area contributed by atoms with Gasteiger partial charge in [0.15, 0.2) is 0 Å². The molecule has 1 aromatic heterocycles. The maximum Gasteiger partial charge on any atom is 0.100 e. The number of aliphatic hydroxyl groups is 1. The summed E-state index contributed by atoms with van der Waals surface area (Å²) in [5, 5.41) is 10.8. The van der Waals surface area contributed by atoms with Gasteiger partial charge in [-0.15, -0.1) is 11.3 Å². The van der Waals surface area contributed by atoms with Gasteiger partial charge in [0, 0.05) is 18.1 Å². The Morgan fingerprint density at radius 1 is 1.36 bits per heavy atom. The van der Waals surface area contributed by atoms with Crippen LogP contribution in [0.1, 0.15) is 5.01 Å². The Bertz CT molecular complexity index is 469. The largest absolute Gasteiger partial charge is 0.396 e. The van der Waals surface area contributed by atoms with E-state index in [0.717, 1.165) is 15.2 Å². The van der Waals surface area contributed by atoms with Gasteiger partial charge in [-0.3, -0.25) is 0 Å². The molecule has 2 rings (SSSR count). The van der Waals surface area contributed by atoms with Crippen LogP contribution in [0.2, 0.25) is 10.0 Å². The third-order valence-corrected chi connectivity index (χ3v) is 3.35. The van der Waals surface area contributed by atoms with E-state index in [2.05, 4.69) is 4.98 Å². The van der Waals surface area contributed by atoms with E-state index in [9.17, 15) is 0 Å². The van der Waals surface area contributed by atoms with Crippen LogP contribution in [0, 0.1) is 0 Å². The smallest absolute Gasteiger partial charge is 0.100 e. The topological polar surface area (TPSA) is 33.1 Å². The van der Waals surface area contributed by atoms with Crippen LogP contribution in [0.4, 0.5) is 0 Å². The number of rotatable bonds is 2. The van der Waals surface area contributed by atoms with Crippen molar-refractivity contribution in [2.24, 2.45) is 0 Å². The second-order valence-electron chi connectivity index (χ2n) is 2.82. The predicted octanol–water partition coefficient (Wildman–Crippen LogP) is 3.14. The summed E-state index contributed by atoms with van der Waals surface area (Å²) < 4.78 is 0.964. The van der Waals surface area contributed by atoms with Crippen LogP contribution >= 0.6 is 34.5 Å². The fraction of sp³-hybridized carbons (Fsp3) is 0.222. The summed E-state index contributed by atoms with van der Waals surface area (Å²) in [6, 6.07) is 3.51. The van der Waals surface area contributed by atoms with E-state index in [1.165, 1.54) is 11.3 Å². The molecule has 0 radical (unpaired) electrons. The molecule has 0 fully saturated rings. The molecule has 2 nitrogen and oxygen atoms in total. The molecule has 0 bridgehead atoms. The normalized spacial score (nSPS) is 11.1. The molecule has 0 spiro atoms. The lowest BCUT2D eigenvalue weighted by atomic mass is 10.3. The SMILES string of the molecule is OCCc1nc2c(Cl)cc(Cl)cc2s1. The first-order valence-electron chi connectivity index (χ1n) is 4.06. The summed E-state index contributed by atoms with van der Waals surface area (Å²) >= 11 is 13.3. The molecular weight excluding hydrogens is 241 g/mol. The van der Waals surface area contributed by atoms with Crippen molar-refractivity contribution in [3.63, 3.8) is 0 Å². The lowest BCUT2D eigenvalue weighted by Gasteiger charge is -1.92. The third-order valence-electron chi connectivity index (χ3n) is 1.78. The van der Waals surface area contributed by atoms with Gasteiger partial charge in [-0.1, -0.05) is 23.2 Å². The molecule has 5 heteroatoms. The predicted molar refractivity (Wildman–Crippen MR) is 60.4 cm³/mol. The highest BCUT2D eigenvalue weighted by atomic mass is 35.5. The molecule has 0 aliphatic carbocycles. The molecule has 2 aromatic rings. The average Bonchev–Trinajstić information content (AvgIpc) is 2.48. The van der Waals surface area contributed by atoms with Gasteiger partial charge in [0.1, 0.15) is 5.52 Å². The molecule has 1 heterocycles. The molecule has 74 valence electrons. The van der Waals surface area contributed by atoms with Gasteiger partial charge in [-0.2, -0.15) is 0 Å². The number of nitrogens with zero attached hydrogens (tertiary/aromatic N) is 1. The molecule has 0 atom stereocenters. The number of aromatic nitrogens is 1. The quantitative estimate of drug-likeness (QED) is 0.885. The maximum atomic E-state index is 8.78. The fourth-order valence-electron chi connectivity index (χ4n) is 1.21. The summed E-state index contributed by atoms with van der Waals surface area (Å²) in [6.07, 6.45) is 0.563. The lowest BCUT2D eigenvalue weighted by molar-refractivity contribution is 0.299. The molecule has 0 amide bonds. The minimum atomic E-state index is 0.102. The first-order valence-corrected chi connectivity index (χ1v) is 5.63. The van der Waals surface area contributed by atoms with Crippen molar-refractivity contribution in [2.75, 3.05) is 6.61 Å². The number of hydrogen-bond acceptors (Lipinski definition) is 3. The molecule has 0 saturated heterocycles. The Labute approximate surface area is 95.1 Å². The number of halogens is 2. The molecule has 14 heavy (non-hydrogen) atoms. The Morgan fingerprint density at radius 3 is 2.86 bits per heavy atom. The van der Waals surface area contributed by atoms with Crippen LogP contribution in [0.3, 0.4) is 0 Å². The van der Waals surface area contributed by atoms with Crippen LogP contribution in [0.25, 0.3) is 10.2 Å². The summed E-state index contributed by atoms with van der Waals surface area (Å²) in [5.41, 5.74) is 0.768.